The zero-order valence-corrected chi connectivity index (χ0v) is 17.3. The highest BCUT2D eigenvalue weighted by atomic mass is 16.1. The zero-order valence-electron chi connectivity index (χ0n) is 17.3. The van der Waals surface area contributed by atoms with E-state index < -0.39 is 0 Å². The lowest BCUT2D eigenvalue weighted by atomic mass is 10.1. The fourth-order valence-corrected chi connectivity index (χ4v) is 3.64. The Morgan fingerprint density at radius 1 is 0.781 bits per heavy atom. The number of hydrogen-bond acceptors (Lipinski definition) is 4. The first-order valence-corrected chi connectivity index (χ1v) is 10.4. The Bertz CT molecular complexity index is 1460. The Kier molecular flexibility index (Phi) is 5.37. The minimum Gasteiger partial charge on any atom is -0.267 e. The topological polar surface area (TPSA) is 60.7 Å². The Balaban J connectivity index is 1.61. The highest BCUT2D eigenvalue weighted by Crippen LogP contribution is 2.17. The highest BCUT2D eigenvalue weighted by molar-refractivity contribution is 5.74. The van der Waals surface area contributed by atoms with Crippen LogP contribution < -0.4 is 5.56 Å². The van der Waals surface area contributed by atoms with E-state index in [1.165, 1.54) is 0 Å². The van der Waals surface area contributed by atoms with Crippen LogP contribution in [0.25, 0.3) is 29.0 Å². The largest absolute Gasteiger partial charge is 0.278 e. The third-order valence-electron chi connectivity index (χ3n) is 5.20. The van der Waals surface area contributed by atoms with Crippen molar-refractivity contribution >= 4 is 23.3 Å². The summed E-state index contributed by atoms with van der Waals surface area (Å²) in [7, 11) is 0. The van der Waals surface area contributed by atoms with Crippen LogP contribution in [0.4, 0.5) is 0 Å². The van der Waals surface area contributed by atoms with Gasteiger partial charge in [0.15, 0.2) is 5.65 Å². The van der Waals surface area contributed by atoms with Crippen LogP contribution in [0.15, 0.2) is 102 Å². The van der Waals surface area contributed by atoms with E-state index in [0.717, 1.165) is 22.4 Å². The lowest BCUT2D eigenvalue weighted by molar-refractivity contribution is 0.927. The molecule has 154 valence electrons. The summed E-state index contributed by atoms with van der Waals surface area (Å²) in [4.78, 5) is 26.7. The summed E-state index contributed by atoms with van der Waals surface area (Å²) < 4.78 is 1.66. The molecule has 0 aliphatic heterocycles. The first kappa shape index (κ1) is 19.6. The molecule has 0 N–H and O–H groups in total. The Morgan fingerprint density at radius 2 is 1.59 bits per heavy atom. The summed E-state index contributed by atoms with van der Waals surface area (Å²) >= 11 is 0. The van der Waals surface area contributed by atoms with Crippen molar-refractivity contribution in [2.45, 2.75) is 6.42 Å². The maximum absolute atomic E-state index is 13.5. The van der Waals surface area contributed by atoms with Crippen LogP contribution in [0.1, 0.15) is 22.4 Å². The second-order valence-electron chi connectivity index (χ2n) is 7.42. The molecule has 5 heteroatoms. The van der Waals surface area contributed by atoms with E-state index >= 15 is 0 Å². The van der Waals surface area contributed by atoms with Crippen molar-refractivity contribution in [3.8, 4) is 5.69 Å². The number of nitrogens with zero attached hydrogens (tertiary/aromatic N) is 4. The van der Waals surface area contributed by atoms with Crippen LogP contribution in [-0.2, 0) is 6.42 Å². The molecule has 0 aliphatic rings. The molecule has 5 aromatic rings. The van der Waals surface area contributed by atoms with Gasteiger partial charge >= 0.3 is 0 Å². The maximum Gasteiger partial charge on any atom is 0.278 e. The summed E-state index contributed by atoms with van der Waals surface area (Å²) in [5.74, 6) is 0. The van der Waals surface area contributed by atoms with Crippen molar-refractivity contribution in [1.29, 1.82) is 0 Å². The van der Waals surface area contributed by atoms with Crippen LogP contribution in [0, 0.1) is 0 Å². The van der Waals surface area contributed by atoms with Gasteiger partial charge in [0.25, 0.3) is 5.56 Å². The van der Waals surface area contributed by atoms with Crippen molar-refractivity contribution in [3.05, 3.63) is 130 Å². The van der Waals surface area contributed by atoms with E-state index in [1.807, 2.05) is 91.0 Å². The summed E-state index contributed by atoms with van der Waals surface area (Å²) in [6, 6.07) is 25.4. The molecule has 0 radical (unpaired) electrons. The minimum absolute atomic E-state index is 0.157. The van der Waals surface area contributed by atoms with Crippen molar-refractivity contribution in [2.24, 2.45) is 0 Å². The number of rotatable bonds is 5. The summed E-state index contributed by atoms with van der Waals surface area (Å²) in [5.41, 5.74) is 5.42. The number of fused-ring (bicyclic) bond motifs is 1. The first-order valence-electron chi connectivity index (χ1n) is 10.4. The van der Waals surface area contributed by atoms with Crippen LogP contribution >= 0.6 is 0 Å². The van der Waals surface area contributed by atoms with E-state index in [0.29, 0.717) is 23.3 Å². The molecule has 3 aromatic heterocycles. The van der Waals surface area contributed by atoms with Crippen LogP contribution in [0.2, 0.25) is 0 Å². The molecule has 0 aliphatic carbocycles. The normalized spacial score (nSPS) is 11.2. The lowest BCUT2D eigenvalue weighted by Crippen LogP contribution is -2.25. The van der Waals surface area contributed by atoms with Crippen LogP contribution in [0.5, 0.6) is 0 Å². The van der Waals surface area contributed by atoms with Gasteiger partial charge in [-0.1, -0.05) is 54.6 Å². The van der Waals surface area contributed by atoms with Gasteiger partial charge in [-0.2, -0.15) is 0 Å². The molecule has 0 unspecified atom stereocenters. The first-order chi connectivity index (χ1) is 15.8. The smallest absolute Gasteiger partial charge is 0.267 e. The third kappa shape index (κ3) is 4.09. The quantitative estimate of drug-likeness (QED) is 0.407. The van der Waals surface area contributed by atoms with E-state index in [-0.39, 0.29) is 5.56 Å². The fourth-order valence-electron chi connectivity index (χ4n) is 3.64. The minimum atomic E-state index is -0.157. The van der Waals surface area contributed by atoms with Crippen molar-refractivity contribution in [2.75, 3.05) is 0 Å². The molecule has 5 nitrogen and oxygen atoms in total. The molecule has 0 bridgehead atoms. The van der Waals surface area contributed by atoms with Gasteiger partial charge in [0, 0.05) is 25.0 Å². The third-order valence-corrected chi connectivity index (χ3v) is 5.20. The van der Waals surface area contributed by atoms with Crippen LogP contribution in [0.3, 0.4) is 0 Å². The average Bonchev–Trinajstić information content (AvgIpc) is 2.85. The zero-order chi connectivity index (χ0) is 21.8. The van der Waals surface area contributed by atoms with Gasteiger partial charge in [0.05, 0.1) is 5.69 Å². The van der Waals surface area contributed by atoms with Gasteiger partial charge in [-0.05, 0) is 53.1 Å². The molecular weight excluding hydrogens is 396 g/mol. The number of pyridine rings is 2. The predicted octanol–water partition coefficient (Wildman–Crippen LogP) is 4.94. The Morgan fingerprint density at radius 3 is 2.44 bits per heavy atom. The van der Waals surface area contributed by atoms with Crippen molar-refractivity contribution in [3.63, 3.8) is 0 Å². The SMILES string of the molecule is O=c1c(Cc2ccccc2)nc2cccnc2n1-c1cccc(C=Cc2ccncc2)c1. The summed E-state index contributed by atoms with van der Waals surface area (Å²) in [5, 5.41) is 0. The molecule has 0 atom stereocenters. The number of benzene rings is 2. The molecule has 0 fully saturated rings. The van der Waals surface area contributed by atoms with Crippen molar-refractivity contribution in [1.82, 2.24) is 19.5 Å². The monoisotopic (exact) mass is 416 g/mol. The molecule has 5 rings (SSSR count). The van der Waals surface area contributed by atoms with Gasteiger partial charge < -0.3 is 0 Å². The molecule has 0 saturated carbocycles. The van der Waals surface area contributed by atoms with Gasteiger partial charge in [-0.25, -0.2) is 9.97 Å². The van der Waals surface area contributed by atoms with E-state index in [1.54, 1.807) is 23.2 Å². The van der Waals surface area contributed by atoms with Gasteiger partial charge in [0.1, 0.15) is 11.2 Å². The Labute approximate surface area is 185 Å². The highest BCUT2D eigenvalue weighted by Gasteiger charge is 2.14. The fraction of sp³-hybridized carbons (Fsp3) is 0.0370. The number of hydrogen-bond donors (Lipinski definition) is 0. The van der Waals surface area contributed by atoms with Gasteiger partial charge in [-0.3, -0.25) is 14.3 Å². The molecule has 0 saturated heterocycles. The van der Waals surface area contributed by atoms with Crippen molar-refractivity contribution < 1.29 is 0 Å². The predicted molar refractivity (Wildman–Crippen MR) is 128 cm³/mol. The lowest BCUT2D eigenvalue weighted by Gasteiger charge is -2.12. The molecule has 3 heterocycles. The van der Waals surface area contributed by atoms with Gasteiger partial charge in [-0.15, -0.1) is 0 Å². The standard InChI is InChI=1S/C27H20N4O/c32-27-25(19-21-6-2-1-3-7-21)30-24-10-5-15-29-26(24)31(27)23-9-4-8-22(18-23)12-11-20-13-16-28-17-14-20/h1-18H,19H2. The van der Waals surface area contributed by atoms with Gasteiger partial charge in [0.2, 0.25) is 0 Å². The maximum atomic E-state index is 13.5. The molecule has 0 amide bonds. The summed E-state index contributed by atoms with van der Waals surface area (Å²) in [6.07, 6.45) is 9.71. The molecule has 0 spiro atoms. The van der Waals surface area contributed by atoms with Crippen LogP contribution in [-0.4, -0.2) is 19.5 Å². The molecule has 2 aromatic carbocycles. The van der Waals surface area contributed by atoms with E-state index in [2.05, 4.69) is 15.0 Å². The second kappa shape index (κ2) is 8.78. The second-order valence-corrected chi connectivity index (χ2v) is 7.42. The summed E-state index contributed by atoms with van der Waals surface area (Å²) in [6.45, 7) is 0. The average molecular weight is 416 g/mol. The van der Waals surface area contributed by atoms with E-state index in [4.69, 9.17) is 0 Å². The molecular formula is C27H20N4O. The van der Waals surface area contributed by atoms with E-state index in [9.17, 15) is 4.79 Å². The Hall–Kier alpha value is -4.38. The molecule has 32 heavy (non-hydrogen) atoms. The number of aromatic nitrogens is 4.